The highest BCUT2D eigenvalue weighted by atomic mass is 19.1. The Kier molecular flexibility index (Phi) is 4.09. The number of rotatable bonds is 4. The Morgan fingerprint density at radius 2 is 1.73 bits per heavy atom. The molecular formula is C18H19FN2O. The molecule has 3 nitrogen and oxygen atoms in total. The van der Waals surface area contributed by atoms with Crippen LogP contribution in [0.15, 0.2) is 42.5 Å². The first-order valence-corrected chi connectivity index (χ1v) is 7.56. The molecule has 0 aromatic heterocycles. The van der Waals surface area contributed by atoms with E-state index in [1.54, 1.807) is 12.1 Å². The summed E-state index contributed by atoms with van der Waals surface area (Å²) in [6.07, 6.45) is 3.47. The summed E-state index contributed by atoms with van der Waals surface area (Å²) in [6, 6.07) is 11.7. The van der Waals surface area contributed by atoms with Gasteiger partial charge in [-0.15, -0.1) is 0 Å². The predicted molar refractivity (Wildman–Crippen MR) is 86.6 cm³/mol. The molecule has 0 saturated carbocycles. The standard InChI is InChI=1S/C18H19FN2O/c1-12(18(22)21-16-9-6-15(19)7-10-16)20-17-8-5-13-3-2-4-14(13)11-17/h5-12,20H,2-4H2,1H3,(H,21,22)/t12-/m0/s1. The second-order valence-corrected chi connectivity index (χ2v) is 5.70. The van der Waals surface area contributed by atoms with Crippen molar-refractivity contribution in [2.75, 3.05) is 10.6 Å². The number of aryl methyl sites for hydroxylation is 2. The summed E-state index contributed by atoms with van der Waals surface area (Å²) in [5.41, 5.74) is 4.33. The molecule has 0 bridgehead atoms. The van der Waals surface area contributed by atoms with Gasteiger partial charge < -0.3 is 10.6 Å². The molecule has 22 heavy (non-hydrogen) atoms. The van der Waals surface area contributed by atoms with E-state index < -0.39 is 0 Å². The Morgan fingerprint density at radius 3 is 2.50 bits per heavy atom. The van der Waals surface area contributed by atoms with Crippen LogP contribution in [-0.4, -0.2) is 11.9 Å². The van der Waals surface area contributed by atoms with Gasteiger partial charge in [0, 0.05) is 11.4 Å². The molecule has 2 aromatic carbocycles. The average Bonchev–Trinajstić information content (AvgIpc) is 2.97. The smallest absolute Gasteiger partial charge is 0.246 e. The van der Waals surface area contributed by atoms with Gasteiger partial charge in [0.2, 0.25) is 5.91 Å². The lowest BCUT2D eigenvalue weighted by molar-refractivity contribution is -0.116. The molecule has 3 rings (SSSR count). The third-order valence-corrected chi connectivity index (χ3v) is 3.99. The van der Waals surface area contributed by atoms with Crippen LogP contribution in [0.3, 0.4) is 0 Å². The van der Waals surface area contributed by atoms with Crippen molar-refractivity contribution < 1.29 is 9.18 Å². The zero-order valence-corrected chi connectivity index (χ0v) is 12.5. The number of halogens is 1. The molecular weight excluding hydrogens is 279 g/mol. The lowest BCUT2D eigenvalue weighted by atomic mass is 10.1. The highest BCUT2D eigenvalue weighted by Crippen LogP contribution is 2.25. The van der Waals surface area contributed by atoms with Crippen molar-refractivity contribution in [1.29, 1.82) is 0 Å². The second-order valence-electron chi connectivity index (χ2n) is 5.70. The van der Waals surface area contributed by atoms with Gasteiger partial charge in [0.1, 0.15) is 11.9 Å². The van der Waals surface area contributed by atoms with Crippen molar-refractivity contribution >= 4 is 17.3 Å². The van der Waals surface area contributed by atoms with Gasteiger partial charge >= 0.3 is 0 Å². The summed E-state index contributed by atoms with van der Waals surface area (Å²) in [4.78, 5) is 12.2. The minimum Gasteiger partial charge on any atom is -0.374 e. The van der Waals surface area contributed by atoms with Gasteiger partial charge in [0.15, 0.2) is 0 Å². The molecule has 1 aliphatic carbocycles. The number of hydrogen-bond acceptors (Lipinski definition) is 2. The van der Waals surface area contributed by atoms with Gasteiger partial charge in [0.25, 0.3) is 0 Å². The normalized spacial score (nSPS) is 14.3. The van der Waals surface area contributed by atoms with Crippen LogP contribution in [0.25, 0.3) is 0 Å². The van der Waals surface area contributed by atoms with Gasteiger partial charge in [-0.05, 0) is 73.7 Å². The van der Waals surface area contributed by atoms with E-state index in [2.05, 4.69) is 22.8 Å². The summed E-state index contributed by atoms with van der Waals surface area (Å²) >= 11 is 0. The molecule has 0 unspecified atom stereocenters. The molecule has 4 heteroatoms. The third-order valence-electron chi connectivity index (χ3n) is 3.99. The SMILES string of the molecule is C[C@H](Nc1ccc2c(c1)CCC2)C(=O)Nc1ccc(F)cc1. The number of nitrogens with one attached hydrogen (secondary N) is 2. The van der Waals surface area contributed by atoms with Crippen molar-refractivity contribution in [2.24, 2.45) is 0 Å². The van der Waals surface area contributed by atoms with Crippen molar-refractivity contribution in [3.63, 3.8) is 0 Å². The van der Waals surface area contributed by atoms with Gasteiger partial charge in [-0.3, -0.25) is 4.79 Å². The molecule has 1 aliphatic rings. The topological polar surface area (TPSA) is 41.1 Å². The average molecular weight is 298 g/mol. The number of fused-ring (bicyclic) bond motifs is 1. The summed E-state index contributed by atoms with van der Waals surface area (Å²) in [5, 5.41) is 5.99. The highest BCUT2D eigenvalue weighted by molar-refractivity contribution is 5.96. The van der Waals surface area contributed by atoms with Crippen molar-refractivity contribution in [1.82, 2.24) is 0 Å². The van der Waals surface area contributed by atoms with Crippen LogP contribution in [0.2, 0.25) is 0 Å². The van der Waals surface area contributed by atoms with E-state index in [1.807, 2.05) is 13.0 Å². The largest absolute Gasteiger partial charge is 0.374 e. The van der Waals surface area contributed by atoms with Crippen LogP contribution in [-0.2, 0) is 17.6 Å². The third kappa shape index (κ3) is 3.27. The molecule has 0 fully saturated rings. The van der Waals surface area contributed by atoms with Crippen molar-refractivity contribution in [3.05, 3.63) is 59.4 Å². The Hall–Kier alpha value is -2.36. The van der Waals surface area contributed by atoms with E-state index in [0.717, 1.165) is 18.5 Å². The van der Waals surface area contributed by atoms with Gasteiger partial charge in [0.05, 0.1) is 0 Å². The summed E-state index contributed by atoms with van der Waals surface area (Å²) < 4.78 is 12.9. The van der Waals surface area contributed by atoms with Gasteiger partial charge in [-0.2, -0.15) is 0 Å². The molecule has 0 saturated heterocycles. The minimum atomic E-state index is -0.371. The molecule has 0 heterocycles. The van der Waals surface area contributed by atoms with Crippen LogP contribution < -0.4 is 10.6 Å². The minimum absolute atomic E-state index is 0.146. The summed E-state index contributed by atoms with van der Waals surface area (Å²) in [5.74, 6) is -0.463. The Labute approximate surface area is 129 Å². The van der Waals surface area contributed by atoms with Crippen LogP contribution in [0, 0.1) is 5.82 Å². The van der Waals surface area contributed by atoms with Crippen LogP contribution in [0.1, 0.15) is 24.5 Å². The molecule has 1 atom stereocenters. The quantitative estimate of drug-likeness (QED) is 0.902. The lowest BCUT2D eigenvalue weighted by Gasteiger charge is -2.16. The highest BCUT2D eigenvalue weighted by Gasteiger charge is 2.15. The van der Waals surface area contributed by atoms with E-state index in [1.165, 1.54) is 29.7 Å². The first kappa shape index (κ1) is 14.6. The summed E-state index contributed by atoms with van der Waals surface area (Å²) in [6.45, 7) is 1.81. The van der Waals surface area contributed by atoms with Crippen LogP contribution >= 0.6 is 0 Å². The maximum absolute atomic E-state index is 12.9. The fourth-order valence-corrected chi connectivity index (χ4v) is 2.76. The van der Waals surface area contributed by atoms with E-state index >= 15 is 0 Å². The fourth-order valence-electron chi connectivity index (χ4n) is 2.76. The maximum atomic E-state index is 12.9. The van der Waals surface area contributed by atoms with E-state index in [4.69, 9.17) is 0 Å². The number of amides is 1. The van der Waals surface area contributed by atoms with E-state index in [9.17, 15) is 9.18 Å². The first-order valence-electron chi connectivity index (χ1n) is 7.56. The second kappa shape index (κ2) is 6.18. The van der Waals surface area contributed by atoms with Crippen molar-refractivity contribution in [3.8, 4) is 0 Å². The Balaban J connectivity index is 1.62. The molecule has 1 amide bonds. The number of benzene rings is 2. The molecule has 0 aliphatic heterocycles. The number of carbonyl (C=O) groups is 1. The molecule has 0 spiro atoms. The first-order chi connectivity index (χ1) is 10.6. The fraction of sp³-hybridized carbons (Fsp3) is 0.278. The predicted octanol–water partition coefficient (Wildman–Crippen LogP) is 3.75. The molecule has 114 valence electrons. The zero-order valence-electron chi connectivity index (χ0n) is 12.5. The Morgan fingerprint density at radius 1 is 1.05 bits per heavy atom. The zero-order chi connectivity index (χ0) is 15.5. The van der Waals surface area contributed by atoms with Gasteiger partial charge in [-0.1, -0.05) is 6.07 Å². The lowest BCUT2D eigenvalue weighted by Crippen LogP contribution is -2.31. The molecule has 2 aromatic rings. The molecule has 0 radical (unpaired) electrons. The number of carbonyl (C=O) groups excluding carboxylic acids is 1. The monoisotopic (exact) mass is 298 g/mol. The Bertz CT molecular complexity index is 682. The van der Waals surface area contributed by atoms with Crippen LogP contribution in [0.5, 0.6) is 0 Å². The number of anilines is 2. The molecule has 2 N–H and O–H groups in total. The number of hydrogen-bond donors (Lipinski definition) is 2. The van der Waals surface area contributed by atoms with Crippen LogP contribution in [0.4, 0.5) is 15.8 Å². The van der Waals surface area contributed by atoms with Crippen molar-refractivity contribution in [2.45, 2.75) is 32.2 Å². The van der Waals surface area contributed by atoms with E-state index in [-0.39, 0.29) is 17.8 Å². The summed E-state index contributed by atoms with van der Waals surface area (Å²) in [7, 11) is 0. The maximum Gasteiger partial charge on any atom is 0.246 e. The van der Waals surface area contributed by atoms with Gasteiger partial charge in [-0.25, -0.2) is 4.39 Å². The van der Waals surface area contributed by atoms with E-state index in [0.29, 0.717) is 5.69 Å².